The average molecular weight is 331 g/mol. The molecule has 1 aliphatic rings. The van der Waals surface area contributed by atoms with E-state index >= 15 is 0 Å². The Bertz CT molecular complexity index is 802. The third kappa shape index (κ3) is 2.82. The molecule has 2 aromatic rings. The summed E-state index contributed by atoms with van der Waals surface area (Å²) >= 11 is 0. The number of aromatic nitrogens is 2. The minimum atomic E-state index is -0.645. The van der Waals surface area contributed by atoms with Gasteiger partial charge >= 0.3 is 6.03 Å². The molecule has 0 unspecified atom stereocenters. The van der Waals surface area contributed by atoms with Crippen LogP contribution in [-0.4, -0.2) is 39.7 Å². The second kappa shape index (κ2) is 6.31. The number of nitrogens with zero attached hydrogens (tertiary/aromatic N) is 3. The summed E-state index contributed by atoms with van der Waals surface area (Å²) in [7, 11) is 0. The second-order valence-electron chi connectivity index (χ2n) is 5.53. The van der Waals surface area contributed by atoms with Crippen LogP contribution in [0.1, 0.15) is 23.0 Å². The van der Waals surface area contributed by atoms with E-state index < -0.39 is 11.7 Å². The van der Waals surface area contributed by atoms with Crippen molar-refractivity contribution in [2.45, 2.75) is 20.0 Å². The van der Waals surface area contributed by atoms with E-state index in [9.17, 15) is 14.0 Å². The van der Waals surface area contributed by atoms with E-state index in [2.05, 4.69) is 10.4 Å². The Hall–Kier alpha value is -2.90. The SMILES string of the molecule is CCNC(=O)N1CCn2nc(-c3cccc(F)c3)c(C(N)=O)c2C1. The lowest BCUT2D eigenvalue weighted by Gasteiger charge is -2.28. The molecule has 3 rings (SSSR count). The van der Waals surface area contributed by atoms with Crippen LogP contribution < -0.4 is 11.1 Å². The third-order valence-corrected chi connectivity index (χ3v) is 3.94. The zero-order valence-corrected chi connectivity index (χ0v) is 13.3. The minimum absolute atomic E-state index is 0.201. The Kier molecular flexibility index (Phi) is 4.20. The van der Waals surface area contributed by atoms with Crippen molar-refractivity contribution >= 4 is 11.9 Å². The number of amides is 3. The molecule has 24 heavy (non-hydrogen) atoms. The molecule has 0 radical (unpaired) electrons. The van der Waals surface area contributed by atoms with Gasteiger partial charge in [-0.05, 0) is 19.1 Å². The summed E-state index contributed by atoms with van der Waals surface area (Å²) in [6.07, 6.45) is 0. The van der Waals surface area contributed by atoms with Crippen LogP contribution in [-0.2, 0) is 13.1 Å². The molecule has 0 fully saturated rings. The maximum Gasteiger partial charge on any atom is 0.317 e. The van der Waals surface area contributed by atoms with Gasteiger partial charge in [0.1, 0.15) is 11.5 Å². The van der Waals surface area contributed by atoms with E-state index in [1.807, 2.05) is 6.92 Å². The van der Waals surface area contributed by atoms with Crippen LogP contribution in [0.4, 0.5) is 9.18 Å². The number of hydrogen-bond donors (Lipinski definition) is 2. The normalized spacial score (nSPS) is 13.5. The van der Waals surface area contributed by atoms with Crippen molar-refractivity contribution in [3.8, 4) is 11.3 Å². The maximum atomic E-state index is 13.5. The standard InChI is InChI=1S/C16H18FN5O2/c1-2-19-16(24)21-6-7-22-12(9-21)13(15(18)23)14(20-22)10-4-3-5-11(17)8-10/h3-5,8H,2,6-7,9H2,1H3,(H2,18,23)(H,19,24). The van der Waals surface area contributed by atoms with Crippen molar-refractivity contribution in [1.82, 2.24) is 20.0 Å². The van der Waals surface area contributed by atoms with E-state index in [-0.39, 0.29) is 18.1 Å². The zero-order valence-electron chi connectivity index (χ0n) is 13.3. The molecule has 126 valence electrons. The first-order chi connectivity index (χ1) is 11.5. The number of urea groups is 1. The monoisotopic (exact) mass is 331 g/mol. The summed E-state index contributed by atoms with van der Waals surface area (Å²) in [5, 5.41) is 7.15. The van der Waals surface area contributed by atoms with Gasteiger partial charge in [-0.1, -0.05) is 12.1 Å². The number of nitrogens with two attached hydrogens (primary N) is 1. The summed E-state index contributed by atoms with van der Waals surface area (Å²) in [4.78, 5) is 25.6. The highest BCUT2D eigenvalue weighted by Gasteiger charge is 2.29. The van der Waals surface area contributed by atoms with Gasteiger partial charge in [-0.3, -0.25) is 9.48 Å². The molecule has 0 aliphatic carbocycles. The minimum Gasteiger partial charge on any atom is -0.365 e. The molecule has 0 saturated heterocycles. The first kappa shape index (κ1) is 16.0. The Morgan fingerprint density at radius 3 is 2.83 bits per heavy atom. The summed E-state index contributed by atoms with van der Waals surface area (Å²) in [6.45, 7) is 3.50. The summed E-state index contributed by atoms with van der Waals surface area (Å²) < 4.78 is 15.2. The van der Waals surface area contributed by atoms with Gasteiger partial charge in [0, 0.05) is 18.7 Å². The molecule has 0 spiro atoms. The molecule has 1 aromatic carbocycles. The van der Waals surface area contributed by atoms with E-state index in [0.717, 1.165) is 0 Å². The molecule has 3 N–H and O–H groups in total. The number of carbonyl (C=O) groups is 2. The van der Waals surface area contributed by atoms with Crippen LogP contribution in [0.15, 0.2) is 24.3 Å². The fourth-order valence-corrected chi connectivity index (χ4v) is 2.85. The smallest absolute Gasteiger partial charge is 0.317 e. The molecule has 0 saturated carbocycles. The predicted molar refractivity (Wildman–Crippen MR) is 85.6 cm³/mol. The van der Waals surface area contributed by atoms with E-state index in [0.29, 0.717) is 36.6 Å². The number of rotatable bonds is 3. The van der Waals surface area contributed by atoms with Gasteiger partial charge in [-0.15, -0.1) is 0 Å². The fourth-order valence-electron chi connectivity index (χ4n) is 2.85. The van der Waals surface area contributed by atoms with Crippen LogP contribution in [0.25, 0.3) is 11.3 Å². The highest BCUT2D eigenvalue weighted by atomic mass is 19.1. The Labute approximate surface area is 138 Å². The Morgan fingerprint density at radius 2 is 2.17 bits per heavy atom. The molecule has 2 heterocycles. The first-order valence-corrected chi connectivity index (χ1v) is 7.69. The van der Waals surface area contributed by atoms with Crippen molar-refractivity contribution < 1.29 is 14.0 Å². The highest BCUT2D eigenvalue weighted by molar-refractivity contribution is 6.00. The number of carbonyl (C=O) groups excluding carboxylic acids is 2. The maximum absolute atomic E-state index is 13.5. The van der Waals surface area contributed by atoms with Gasteiger partial charge in [0.25, 0.3) is 5.91 Å². The van der Waals surface area contributed by atoms with E-state index in [1.165, 1.54) is 12.1 Å². The number of halogens is 1. The lowest BCUT2D eigenvalue weighted by Crippen LogP contribution is -2.44. The molecule has 0 atom stereocenters. The van der Waals surface area contributed by atoms with Crippen molar-refractivity contribution in [1.29, 1.82) is 0 Å². The highest BCUT2D eigenvalue weighted by Crippen LogP contribution is 2.28. The molecule has 1 aromatic heterocycles. The van der Waals surface area contributed by atoms with Crippen LogP contribution >= 0.6 is 0 Å². The first-order valence-electron chi connectivity index (χ1n) is 7.69. The summed E-state index contributed by atoms with van der Waals surface area (Å²) in [5.74, 6) is -1.06. The number of nitrogens with one attached hydrogen (secondary N) is 1. The van der Waals surface area contributed by atoms with Gasteiger partial charge in [-0.2, -0.15) is 5.10 Å². The zero-order chi connectivity index (χ0) is 17.3. The van der Waals surface area contributed by atoms with Gasteiger partial charge in [-0.25, -0.2) is 9.18 Å². The molecule has 3 amide bonds. The molecule has 1 aliphatic heterocycles. The number of benzene rings is 1. The lowest BCUT2D eigenvalue weighted by molar-refractivity contribution is 0.0997. The lowest BCUT2D eigenvalue weighted by atomic mass is 10.0. The van der Waals surface area contributed by atoms with Crippen LogP contribution in [0.5, 0.6) is 0 Å². The van der Waals surface area contributed by atoms with Crippen molar-refractivity contribution in [3.05, 3.63) is 41.3 Å². The molecule has 0 bridgehead atoms. The second-order valence-corrected chi connectivity index (χ2v) is 5.53. The van der Waals surface area contributed by atoms with Crippen molar-refractivity contribution in [3.63, 3.8) is 0 Å². The average Bonchev–Trinajstić information content (AvgIpc) is 2.93. The fraction of sp³-hybridized carbons (Fsp3) is 0.312. The topological polar surface area (TPSA) is 93.2 Å². The molecule has 8 heteroatoms. The third-order valence-electron chi connectivity index (χ3n) is 3.94. The van der Waals surface area contributed by atoms with Crippen LogP contribution in [0.3, 0.4) is 0 Å². The van der Waals surface area contributed by atoms with Gasteiger partial charge in [0.15, 0.2) is 0 Å². The van der Waals surface area contributed by atoms with E-state index in [1.54, 1.807) is 21.7 Å². The molecular weight excluding hydrogens is 313 g/mol. The largest absolute Gasteiger partial charge is 0.365 e. The van der Waals surface area contributed by atoms with Gasteiger partial charge in [0.05, 0.1) is 24.3 Å². The quantitative estimate of drug-likeness (QED) is 0.888. The summed E-state index contributed by atoms with van der Waals surface area (Å²) in [6, 6.07) is 5.65. The number of fused-ring (bicyclic) bond motifs is 1. The van der Waals surface area contributed by atoms with Gasteiger partial charge < -0.3 is 16.0 Å². The van der Waals surface area contributed by atoms with Gasteiger partial charge in [0.2, 0.25) is 0 Å². The van der Waals surface area contributed by atoms with Crippen molar-refractivity contribution in [2.24, 2.45) is 5.73 Å². The van der Waals surface area contributed by atoms with Crippen LogP contribution in [0, 0.1) is 5.82 Å². The molecule has 7 nitrogen and oxygen atoms in total. The summed E-state index contributed by atoms with van der Waals surface area (Å²) in [5.41, 5.74) is 7.16. The van der Waals surface area contributed by atoms with Crippen molar-refractivity contribution in [2.75, 3.05) is 13.1 Å². The Balaban J connectivity index is 2.03. The predicted octanol–water partition coefficient (Wildman–Crippen LogP) is 1.33. The Morgan fingerprint density at radius 1 is 1.38 bits per heavy atom. The molecular formula is C16H18FN5O2. The van der Waals surface area contributed by atoms with E-state index in [4.69, 9.17) is 5.73 Å². The van der Waals surface area contributed by atoms with Crippen LogP contribution in [0.2, 0.25) is 0 Å². The number of hydrogen-bond acceptors (Lipinski definition) is 3. The number of primary amides is 1.